The van der Waals surface area contributed by atoms with Gasteiger partial charge in [0.1, 0.15) is 5.75 Å². The largest absolute Gasteiger partial charge is 0.508 e. The first-order chi connectivity index (χ1) is 10.7. The van der Waals surface area contributed by atoms with E-state index in [0.29, 0.717) is 5.75 Å². The van der Waals surface area contributed by atoms with Crippen LogP contribution in [-0.4, -0.2) is 23.1 Å². The van der Waals surface area contributed by atoms with Crippen LogP contribution in [0.15, 0.2) is 18.2 Å². The minimum atomic E-state index is 0.362. The molecule has 3 N–H and O–H groups in total. The summed E-state index contributed by atoms with van der Waals surface area (Å²) < 4.78 is 0. The lowest BCUT2D eigenvalue weighted by molar-refractivity contribution is 0.249. The lowest BCUT2D eigenvalue weighted by Crippen LogP contribution is -2.25. The second kappa shape index (κ2) is 11.4. The third-order valence-electron chi connectivity index (χ3n) is 4.15. The van der Waals surface area contributed by atoms with Gasteiger partial charge in [-0.05, 0) is 44.1 Å². The number of hydrogen-bond acceptors (Lipinski definition) is 3. The molecule has 0 heterocycles. The van der Waals surface area contributed by atoms with E-state index in [0.717, 1.165) is 30.9 Å². The number of benzene rings is 1. The number of unbranched alkanes of at least 4 members (excludes halogenated alkanes) is 6. The van der Waals surface area contributed by atoms with Crippen molar-refractivity contribution >= 4 is 5.69 Å². The molecule has 0 atom stereocenters. The number of anilines is 1. The van der Waals surface area contributed by atoms with Crippen LogP contribution in [-0.2, 0) is 6.54 Å². The highest BCUT2D eigenvalue weighted by Crippen LogP contribution is 2.22. The minimum absolute atomic E-state index is 0.362. The Hall–Kier alpha value is -1.22. The number of nitrogen functional groups attached to an aromatic ring is 1. The van der Waals surface area contributed by atoms with Gasteiger partial charge in [-0.3, -0.25) is 4.90 Å². The fraction of sp³-hybridized carbons (Fsp3) is 0.684. The molecule has 0 spiro atoms. The fourth-order valence-corrected chi connectivity index (χ4v) is 2.77. The van der Waals surface area contributed by atoms with E-state index < -0.39 is 0 Å². The zero-order chi connectivity index (χ0) is 16.2. The van der Waals surface area contributed by atoms with Crippen LogP contribution in [0.25, 0.3) is 0 Å². The molecule has 0 aliphatic heterocycles. The van der Waals surface area contributed by atoms with Gasteiger partial charge < -0.3 is 10.8 Å². The van der Waals surface area contributed by atoms with Crippen molar-refractivity contribution in [3.05, 3.63) is 23.8 Å². The molecule has 3 nitrogen and oxygen atoms in total. The highest BCUT2D eigenvalue weighted by Gasteiger charge is 2.09. The first kappa shape index (κ1) is 18.8. The molecule has 0 saturated heterocycles. The average Bonchev–Trinajstić information content (AvgIpc) is 2.51. The third-order valence-corrected chi connectivity index (χ3v) is 4.15. The van der Waals surface area contributed by atoms with Gasteiger partial charge in [0.2, 0.25) is 0 Å². The molecule has 0 aliphatic carbocycles. The summed E-state index contributed by atoms with van der Waals surface area (Å²) in [6.45, 7) is 7.51. The maximum absolute atomic E-state index is 10.0. The number of nitrogens with zero attached hydrogens (tertiary/aromatic N) is 1. The van der Waals surface area contributed by atoms with Crippen LogP contribution in [0.3, 0.4) is 0 Å². The molecule has 0 radical (unpaired) electrons. The average molecular weight is 306 g/mol. The zero-order valence-electron chi connectivity index (χ0n) is 14.5. The van der Waals surface area contributed by atoms with Crippen molar-refractivity contribution in [1.29, 1.82) is 0 Å². The summed E-state index contributed by atoms with van der Waals surface area (Å²) in [5.74, 6) is 0.362. The van der Waals surface area contributed by atoms with Crippen LogP contribution in [0, 0.1) is 0 Å². The normalized spacial score (nSPS) is 11.2. The van der Waals surface area contributed by atoms with Crippen molar-refractivity contribution in [2.75, 3.05) is 18.8 Å². The van der Waals surface area contributed by atoms with E-state index in [4.69, 9.17) is 5.73 Å². The van der Waals surface area contributed by atoms with Gasteiger partial charge in [0.15, 0.2) is 0 Å². The number of rotatable bonds is 12. The van der Waals surface area contributed by atoms with E-state index in [-0.39, 0.29) is 0 Å². The molecule has 0 unspecified atom stereocenters. The van der Waals surface area contributed by atoms with Gasteiger partial charge in [-0.25, -0.2) is 0 Å². The topological polar surface area (TPSA) is 49.5 Å². The first-order valence-corrected chi connectivity index (χ1v) is 8.97. The Morgan fingerprint density at radius 1 is 0.909 bits per heavy atom. The van der Waals surface area contributed by atoms with Crippen molar-refractivity contribution in [2.45, 2.75) is 71.8 Å². The molecule has 1 aromatic carbocycles. The fourth-order valence-electron chi connectivity index (χ4n) is 2.77. The van der Waals surface area contributed by atoms with E-state index in [1.165, 1.54) is 51.4 Å². The van der Waals surface area contributed by atoms with Crippen LogP contribution in [0.2, 0.25) is 0 Å². The molecule has 1 rings (SSSR count). The summed E-state index contributed by atoms with van der Waals surface area (Å²) in [4.78, 5) is 2.47. The van der Waals surface area contributed by atoms with Crippen molar-refractivity contribution in [1.82, 2.24) is 4.90 Å². The second-order valence-electron chi connectivity index (χ2n) is 6.29. The van der Waals surface area contributed by atoms with Gasteiger partial charge in [-0.15, -0.1) is 0 Å². The Kier molecular flexibility index (Phi) is 9.72. The van der Waals surface area contributed by atoms with Gasteiger partial charge in [0.25, 0.3) is 0 Å². The molecule has 22 heavy (non-hydrogen) atoms. The molecule has 0 saturated carbocycles. The van der Waals surface area contributed by atoms with E-state index in [2.05, 4.69) is 18.7 Å². The SMILES string of the molecule is CCCCCCN(CCCCCC)Cc1cc(N)ccc1O. The Morgan fingerprint density at radius 3 is 2.05 bits per heavy atom. The van der Waals surface area contributed by atoms with Gasteiger partial charge in [-0.2, -0.15) is 0 Å². The maximum atomic E-state index is 10.0. The summed E-state index contributed by atoms with van der Waals surface area (Å²) in [6.07, 6.45) is 10.2. The molecular formula is C19H34N2O. The van der Waals surface area contributed by atoms with Gasteiger partial charge in [0.05, 0.1) is 0 Å². The Bertz CT molecular complexity index is 394. The number of phenolic OH excluding ortho intramolecular Hbond substituents is 1. The summed E-state index contributed by atoms with van der Waals surface area (Å²) in [5, 5.41) is 10.0. The van der Waals surface area contributed by atoms with Gasteiger partial charge >= 0.3 is 0 Å². The predicted molar refractivity (Wildman–Crippen MR) is 96.1 cm³/mol. The summed E-state index contributed by atoms with van der Waals surface area (Å²) >= 11 is 0. The van der Waals surface area contributed by atoms with Crippen molar-refractivity contribution in [3.8, 4) is 5.75 Å². The predicted octanol–water partition coefficient (Wildman–Crippen LogP) is 4.94. The summed E-state index contributed by atoms with van der Waals surface area (Å²) in [7, 11) is 0. The quantitative estimate of drug-likeness (QED) is 0.327. The number of hydrogen-bond donors (Lipinski definition) is 2. The van der Waals surface area contributed by atoms with Gasteiger partial charge in [-0.1, -0.05) is 52.4 Å². The van der Waals surface area contributed by atoms with Crippen LogP contribution in [0.1, 0.15) is 70.8 Å². The standard InChI is InChI=1S/C19H34N2O/c1-3-5-7-9-13-21(14-10-8-6-4-2)16-17-15-18(20)11-12-19(17)22/h11-12,15,22H,3-10,13-14,16,20H2,1-2H3. The van der Waals surface area contributed by atoms with E-state index in [1.54, 1.807) is 12.1 Å². The molecule has 0 bridgehead atoms. The van der Waals surface area contributed by atoms with Crippen molar-refractivity contribution < 1.29 is 5.11 Å². The molecule has 126 valence electrons. The maximum Gasteiger partial charge on any atom is 0.120 e. The van der Waals surface area contributed by atoms with Gasteiger partial charge in [0, 0.05) is 17.8 Å². The van der Waals surface area contributed by atoms with Crippen LogP contribution in [0.5, 0.6) is 5.75 Å². The monoisotopic (exact) mass is 306 g/mol. The lowest BCUT2D eigenvalue weighted by Gasteiger charge is -2.23. The Morgan fingerprint density at radius 2 is 1.50 bits per heavy atom. The Labute approximate surface area is 136 Å². The Balaban J connectivity index is 2.53. The summed E-state index contributed by atoms with van der Waals surface area (Å²) in [6, 6.07) is 5.36. The van der Waals surface area contributed by atoms with E-state index in [9.17, 15) is 5.11 Å². The number of aromatic hydroxyl groups is 1. The first-order valence-electron chi connectivity index (χ1n) is 8.97. The lowest BCUT2D eigenvalue weighted by atomic mass is 10.1. The van der Waals surface area contributed by atoms with Crippen LogP contribution >= 0.6 is 0 Å². The molecule has 0 aliphatic rings. The highest BCUT2D eigenvalue weighted by atomic mass is 16.3. The molecule has 3 heteroatoms. The smallest absolute Gasteiger partial charge is 0.120 e. The van der Waals surface area contributed by atoms with Crippen LogP contribution < -0.4 is 5.73 Å². The van der Waals surface area contributed by atoms with Crippen LogP contribution in [0.4, 0.5) is 5.69 Å². The summed E-state index contributed by atoms with van der Waals surface area (Å²) in [5.41, 5.74) is 7.53. The molecular weight excluding hydrogens is 272 g/mol. The molecule has 0 amide bonds. The highest BCUT2D eigenvalue weighted by molar-refractivity contribution is 5.47. The second-order valence-corrected chi connectivity index (χ2v) is 6.29. The van der Waals surface area contributed by atoms with Crippen molar-refractivity contribution in [2.24, 2.45) is 0 Å². The minimum Gasteiger partial charge on any atom is -0.508 e. The number of nitrogens with two attached hydrogens (primary N) is 1. The van der Waals surface area contributed by atoms with E-state index >= 15 is 0 Å². The zero-order valence-corrected chi connectivity index (χ0v) is 14.5. The molecule has 0 fully saturated rings. The third kappa shape index (κ3) is 7.69. The molecule has 0 aromatic heterocycles. The molecule has 1 aromatic rings. The van der Waals surface area contributed by atoms with E-state index in [1.807, 2.05) is 6.07 Å². The van der Waals surface area contributed by atoms with Crippen molar-refractivity contribution in [3.63, 3.8) is 0 Å². The number of phenols is 1.